The second kappa shape index (κ2) is 30.0. The van der Waals surface area contributed by atoms with E-state index in [1.54, 1.807) is 44.3 Å². The van der Waals surface area contributed by atoms with Gasteiger partial charge in [-0.15, -0.1) is 11.7 Å². The van der Waals surface area contributed by atoms with E-state index in [1.165, 1.54) is 37.3 Å². The third kappa shape index (κ3) is 20.4. The Labute approximate surface area is 430 Å². The molecule has 1 fully saturated rings. The van der Waals surface area contributed by atoms with E-state index in [2.05, 4.69) is 21.9 Å². The van der Waals surface area contributed by atoms with E-state index in [4.69, 9.17) is 21.9 Å². The summed E-state index contributed by atoms with van der Waals surface area (Å²) in [4.78, 5) is 106. The number of guanidine groups is 1. The molecular weight excluding hydrogens is 969 g/mol. The normalized spacial score (nSPS) is 17.3. The smallest absolute Gasteiger partial charge is 0.423 e. The molecule has 0 bridgehead atoms. The number of aliphatic hydroxyl groups excluding tert-OH is 4. The van der Waals surface area contributed by atoms with Crippen LogP contribution in [0.4, 0.5) is 0 Å². The second-order valence-corrected chi connectivity index (χ2v) is 18.9. The molecule has 1 aromatic carbocycles. The number of primary amides is 1. The number of carbonyl (C=O) groups excluding carboxylic acids is 7. The number of aliphatic hydroxyl groups is 4. The van der Waals surface area contributed by atoms with Gasteiger partial charge in [-0.05, 0) is 35.7 Å². The summed E-state index contributed by atoms with van der Waals surface area (Å²) in [6, 6.07) is 6.51. The van der Waals surface area contributed by atoms with E-state index < -0.39 is 125 Å². The lowest BCUT2D eigenvalue weighted by Gasteiger charge is -2.40. The summed E-state index contributed by atoms with van der Waals surface area (Å²) < 4.78 is 6.70. The zero-order chi connectivity index (χ0) is 55.4. The van der Waals surface area contributed by atoms with Crippen molar-refractivity contribution in [2.24, 2.45) is 34.0 Å². The highest BCUT2D eigenvalue weighted by Crippen LogP contribution is 2.21. The lowest BCUT2D eigenvalue weighted by Crippen LogP contribution is -2.61. The molecule has 2 heterocycles. The van der Waals surface area contributed by atoms with E-state index in [9.17, 15) is 64.0 Å². The minimum atomic E-state index is -1.93. The maximum Gasteiger partial charge on any atom is 0.488 e. The first kappa shape index (κ1) is 61.7. The van der Waals surface area contributed by atoms with Gasteiger partial charge in [0.1, 0.15) is 43.2 Å². The highest BCUT2D eigenvalue weighted by atomic mass is 16.6. The van der Waals surface area contributed by atoms with E-state index in [0.717, 1.165) is 15.4 Å². The van der Waals surface area contributed by atoms with Crippen LogP contribution in [0.25, 0.3) is 0 Å². The molecule has 1 saturated heterocycles. The molecule has 410 valence electrons. The Morgan fingerprint density at radius 3 is 1.80 bits per heavy atom. The van der Waals surface area contributed by atoms with Crippen molar-refractivity contribution < 1.29 is 68.8 Å². The topological polar surface area (TPSA) is 391 Å². The predicted octanol–water partition coefficient (Wildman–Crippen LogP) is -5.67. The summed E-state index contributed by atoms with van der Waals surface area (Å²) in [6.45, 7) is 8.60. The minimum Gasteiger partial charge on any atom is -0.423 e. The third-order valence-electron chi connectivity index (χ3n) is 11.5. The Morgan fingerprint density at radius 2 is 1.27 bits per heavy atom. The molecular formula is C46H74BN13O14. The van der Waals surface area contributed by atoms with Crippen molar-refractivity contribution in [2.45, 2.75) is 91.3 Å². The van der Waals surface area contributed by atoms with Crippen molar-refractivity contribution in [3.63, 3.8) is 0 Å². The number of nitrogens with two attached hydrogens (primary N) is 3. The molecule has 28 heteroatoms. The maximum atomic E-state index is 14.3. The van der Waals surface area contributed by atoms with Gasteiger partial charge < -0.3 is 81.8 Å². The fraction of sp³-hybridized carbons (Fsp3) is 0.609. The molecule has 74 heavy (non-hydrogen) atoms. The average Bonchev–Trinajstić information content (AvgIpc) is 3.76. The molecule has 0 aliphatic carbocycles. The number of unbranched alkanes of at least 4 members (excludes halogenated alkanes) is 1. The SMILES string of the molecule is C=CCN(CC(=O)N(CC(N)=O)C[C@@H]1O[C@@H](O)[C@@H](O)[C@H](O)[C@@H]1O)C(=O)CN(CC(C)C)C(=O)CN(CC(C)C)C(=O)CN(CCCCN=C(N)N)C(=O)CN(Cc1cn(Cc2ccc(B(O)O)cc2)nn1)C(C)=O. The van der Waals surface area contributed by atoms with Crippen LogP contribution in [0.1, 0.15) is 58.7 Å². The van der Waals surface area contributed by atoms with Crippen LogP contribution in [0.3, 0.4) is 0 Å². The van der Waals surface area contributed by atoms with Gasteiger partial charge in [-0.3, -0.25) is 38.6 Å². The molecule has 12 N–H and O–H groups in total. The molecule has 1 aliphatic heterocycles. The number of hydrogen-bond donors (Lipinski definition) is 9. The average molecular weight is 1040 g/mol. The first-order valence-corrected chi connectivity index (χ1v) is 24.1. The number of hydrogen-bond acceptors (Lipinski definition) is 17. The first-order valence-electron chi connectivity index (χ1n) is 24.1. The predicted molar refractivity (Wildman–Crippen MR) is 267 cm³/mol. The van der Waals surface area contributed by atoms with Crippen LogP contribution in [0.5, 0.6) is 0 Å². The first-order chi connectivity index (χ1) is 34.8. The summed E-state index contributed by atoms with van der Waals surface area (Å²) in [6.07, 6.45) is -5.20. The van der Waals surface area contributed by atoms with Crippen molar-refractivity contribution >= 4 is 59.9 Å². The van der Waals surface area contributed by atoms with E-state index >= 15 is 0 Å². The number of nitrogens with zero attached hydrogens (tertiary/aromatic N) is 10. The molecule has 0 saturated carbocycles. The minimum absolute atomic E-state index is 0.0448. The number of benzene rings is 1. The molecule has 0 radical (unpaired) electrons. The van der Waals surface area contributed by atoms with Gasteiger partial charge in [0.15, 0.2) is 12.2 Å². The molecule has 0 unspecified atom stereocenters. The van der Waals surface area contributed by atoms with Gasteiger partial charge in [-0.2, -0.15) is 0 Å². The molecule has 0 spiro atoms. The number of ether oxygens (including phenoxy) is 1. The summed E-state index contributed by atoms with van der Waals surface area (Å²) >= 11 is 0. The number of rotatable bonds is 30. The molecule has 27 nitrogen and oxygen atoms in total. The fourth-order valence-corrected chi connectivity index (χ4v) is 7.72. The number of aromatic nitrogens is 3. The molecule has 7 amide bonds. The lowest BCUT2D eigenvalue weighted by molar-refractivity contribution is -0.283. The molecule has 5 atom stereocenters. The van der Waals surface area contributed by atoms with Gasteiger partial charge in [-0.25, -0.2) is 4.68 Å². The Hall–Kier alpha value is -6.56. The monoisotopic (exact) mass is 1040 g/mol. The van der Waals surface area contributed by atoms with Crippen LogP contribution in [-0.4, -0.2) is 239 Å². The summed E-state index contributed by atoms with van der Waals surface area (Å²) in [5.41, 5.74) is 17.8. The van der Waals surface area contributed by atoms with E-state index in [-0.39, 0.29) is 63.6 Å². The Bertz CT molecular complexity index is 2230. The third-order valence-corrected chi connectivity index (χ3v) is 11.5. The van der Waals surface area contributed by atoms with Crippen LogP contribution < -0.4 is 22.7 Å². The van der Waals surface area contributed by atoms with Crippen LogP contribution in [0, 0.1) is 11.8 Å². The van der Waals surface area contributed by atoms with Gasteiger partial charge in [0, 0.05) is 39.6 Å². The number of amides is 7. The van der Waals surface area contributed by atoms with Crippen molar-refractivity contribution in [1.29, 1.82) is 0 Å². The molecule has 1 aromatic heterocycles. The highest BCUT2D eigenvalue weighted by molar-refractivity contribution is 6.58. The number of carbonyl (C=O) groups is 7. The molecule has 3 rings (SSSR count). The fourth-order valence-electron chi connectivity index (χ4n) is 7.72. The van der Waals surface area contributed by atoms with E-state index in [1.807, 2.05) is 13.8 Å². The van der Waals surface area contributed by atoms with Gasteiger partial charge in [0.25, 0.3) is 0 Å². The summed E-state index contributed by atoms with van der Waals surface area (Å²) in [5, 5.41) is 67.7. The van der Waals surface area contributed by atoms with Gasteiger partial charge >= 0.3 is 7.12 Å². The van der Waals surface area contributed by atoms with Crippen molar-refractivity contribution in [2.75, 3.05) is 78.5 Å². The Morgan fingerprint density at radius 1 is 0.743 bits per heavy atom. The summed E-state index contributed by atoms with van der Waals surface area (Å²) in [7, 11) is -1.62. The lowest BCUT2D eigenvalue weighted by atomic mass is 9.80. The van der Waals surface area contributed by atoms with Gasteiger partial charge in [-0.1, -0.05) is 63.2 Å². The van der Waals surface area contributed by atoms with Crippen LogP contribution in [-0.2, 0) is 51.4 Å². The Kier molecular flexibility index (Phi) is 25.0. The quantitative estimate of drug-likeness (QED) is 0.0116. The molecule has 1 aliphatic rings. The standard InChI is InChI=1S/C46H74BN13O14/c1-7-15-54(24-40(66)59(23-36(48)62)22-35-42(68)43(69)44(70)45(71)74-35)38(64)27-57(17-29(2)3)41(67)28-58(18-30(4)5)39(65)25-55(16-9-8-14-51-46(49)50)37(63)26-56(31(6)61)20-34-21-60(53-52-34)19-32-10-12-33(13-11-32)47(72)73/h7,10-13,21,29-30,35,42-45,68-73H,1,8-9,14-20,22-28H2,2-6H3,(H2,48,62)(H4,49,50,51)/t35-,42+,43+,44-,45+/m0/s1. The van der Waals surface area contributed by atoms with Crippen molar-refractivity contribution in [3.8, 4) is 0 Å². The number of aliphatic imine (C=N–C) groups is 1. The largest absolute Gasteiger partial charge is 0.488 e. The summed E-state index contributed by atoms with van der Waals surface area (Å²) in [5.74, 6) is -5.31. The van der Waals surface area contributed by atoms with Gasteiger partial charge in [0.2, 0.25) is 41.4 Å². The zero-order valence-electron chi connectivity index (χ0n) is 42.8. The highest BCUT2D eigenvalue weighted by Gasteiger charge is 2.44. The zero-order valence-corrected chi connectivity index (χ0v) is 42.8. The van der Waals surface area contributed by atoms with Crippen LogP contribution >= 0.6 is 0 Å². The van der Waals surface area contributed by atoms with E-state index in [0.29, 0.717) is 24.0 Å². The van der Waals surface area contributed by atoms with Crippen LogP contribution in [0.15, 0.2) is 48.1 Å². The van der Waals surface area contributed by atoms with Gasteiger partial charge in [0.05, 0.1) is 52.0 Å². The maximum absolute atomic E-state index is 14.3. The van der Waals surface area contributed by atoms with Crippen molar-refractivity contribution in [3.05, 3.63) is 54.4 Å². The Balaban J connectivity index is 1.81. The second-order valence-electron chi connectivity index (χ2n) is 18.9. The van der Waals surface area contributed by atoms with Crippen LogP contribution in [0.2, 0.25) is 0 Å². The van der Waals surface area contributed by atoms with Crippen molar-refractivity contribution in [1.82, 2.24) is 44.4 Å². The molecule has 2 aromatic rings.